The third-order valence-corrected chi connectivity index (χ3v) is 4.54. The highest BCUT2D eigenvalue weighted by Gasteiger charge is 2.11. The number of Topliss-reactive ketones (excluding diaryl/α,β-unsaturated/α-hetero) is 1. The van der Waals surface area contributed by atoms with Crippen LogP contribution in [0.5, 0.6) is 0 Å². The zero-order valence-electron chi connectivity index (χ0n) is 13.2. The average molecular weight is 339 g/mol. The van der Waals surface area contributed by atoms with Crippen LogP contribution in [0.3, 0.4) is 0 Å². The second kappa shape index (κ2) is 7.33. The maximum absolute atomic E-state index is 11.8. The second-order valence-corrected chi connectivity index (χ2v) is 6.40. The summed E-state index contributed by atoms with van der Waals surface area (Å²) in [6, 6.07) is 13.2. The molecular weight excluding hydrogens is 322 g/mol. The normalized spacial score (nSPS) is 10.6. The molecule has 122 valence electrons. The molecule has 0 aliphatic carbocycles. The van der Waals surface area contributed by atoms with Crippen molar-refractivity contribution >= 4 is 28.8 Å². The van der Waals surface area contributed by atoms with Crippen LogP contribution in [0.4, 0.5) is 11.6 Å². The minimum atomic E-state index is -0.132. The van der Waals surface area contributed by atoms with Gasteiger partial charge >= 0.3 is 0 Å². The lowest BCUT2D eigenvalue weighted by Crippen LogP contribution is -1.98. The Balaban J connectivity index is 1.81. The summed E-state index contributed by atoms with van der Waals surface area (Å²) >= 11 is 1.38. The molecule has 0 saturated heterocycles. The van der Waals surface area contributed by atoms with Crippen LogP contribution in [0.2, 0.25) is 0 Å². The number of aryl methyl sites for hydroxylation is 1. The number of anilines is 2. The molecule has 0 fully saturated rings. The highest BCUT2D eigenvalue weighted by Crippen LogP contribution is 2.28. The lowest BCUT2D eigenvalue weighted by Gasteiger charge is -2.06. The Bertz CT molecular complexity index is 861. The summed E-state index contributed by atoms with van der Waals surface area (Å²) in [4.78, 5) is 22.2. The standard InChI is InChI=1S/C18H17N3O2S/c1-12-7-9-19-18(11-12)21-17-4-2-3-13(20-17)15-5-6-16(24-15)14(23)8-10-22/h2-7,9,11,22H,8,10H2,1H3,(H,19,20,21). The summed E-state index contributed by atoms with van der Waals surface area (Å²) in [6.45, 7) is 1.88. The van der Waals surface area contributed by atoms with Crippen molar-refractivity contribution in [1.82, 2.24) is 9.97 Å². The molecule has 6 heteroatoms. The highest BCUT2D eigenvalue weighted by atomic mass is 32.1. The monoisotopic (exact) mass is 339 g/mol. The molecule has 3 aromatic heterocycles. The van der Waals surface area contributed by atoms with Gasteiger partial charge in [0.25, 0.3) is 0 Å². The Kier molecular flexibility index (Phi) is 4.98. The molecule has 0 saturated carbocycles. The van der Waals surface area contributed by atoms with Crippen molar-refractivity contribution in [3.63, 3.8) is 0 Å². The lowest BCUT2D eigenvalue weighted by molar-refractivity contribution is 0.0960. The van der Waals surface area contributed by atoms with Crippen molar-refractivity contribution in [2.75, 3.05) is 11.9 Å². The van der Waals surface area contributed by atoms with Gasteiger partial charge in [-0.3, -0.25) is 4.79 Å². The summed E-state index contributed by atoms with van der Waals surface area (Å²) < 4.78 is 0. The molecule has 0 aliphatic rings. The van der Waals surface area contributed by atoms with Gasteiger partial charge in [0.15, 0.2) is 5.78 Å². The van der Waals surface area contributed by atoms with Gasteiger partial charge in [0.2, 0.25) is 0 Å². The SMILES string of the molecule is Cc1ccnc(Nc2cccc(-c3ccc(C(=O)CCO)s3)n2)c1. The quantitative estimate of drug-likeness (QED) is 0.668. The minimum Gasteiger partial charge on any atom is -0.396 e. The van der Waals surface area contributed by atoms with E-state index >= 15 is 0 Å². The molecule has 0 bridgehead atoms. The van der Waals surface area contributed by atoms with Crippen LogP contribution in [0.25, 0.3) is 10.6 Å². The topological polar surface area (TPSA) is 75.1 Å². The Morgan fingerprint density at radius 2 is 2.08 bits per heavy atom. The van der Waals surface area contributed by atoms with E-state index in [1.807, 2.05) is 43.3 Å². The highest BCUT2D eigenvalue weighted by molar-refractivity contribution is 7.17. The Morgan fingerprint density at radius 3 is 2.88 bits per heavy atom. The fourth-order valence-electron chi connectivity index (χ4n) is 2.23. The van der Waals surface area contributed by atoms with Crippen molar-refractivity contribution in [2.24, 2.45) is 0 Å². The minimum absolute atomic E-state index is 0.0491. The number of carbonyl (C=O) groups excluding carboxylic acids is 1. The fraction of sp³-hybridized carbons (Fsp3) is 0.167. The van der Waals surface area contributed by atoms with E-state index in [9.17, 15) is 4.79 Å². The number of nitrogens with one attached hydrogen (secondary N) is 1. The van der Waals surface area contributed by atoms with E-state index in [0.29, 0.717) is 10.7 Å². The van der Waals surface area contributed by atoms with E-state index in [1.165, 1.54) is 11.3 Å². The molecule has 0 aliphatic heterocycles. The van der Waals surface area contributed by atoms with Crippen LogP contribution < -0.4 is 5.32 Å². The molecular formula is C18H17N3O2S. The molecule has 3 aromatic rings. The zero-order valence-corrected chi connectivity index (χ0v) is 14.0. The van der Waals surface area contributed by atoms with Crippen LogP contribution in [0.15, 0.2) is 48.7 Å². The van der Waals surface area contributed by atoms with E-state index in [-0.39, 0.29) is 18.8 Å². The summed E-state index contributed by atoms with van der Waals surface area (Å²) in [5.74, 6) is 1.39. The predicted molar refractivity (Wildman–Crippen MR) is 95.8 cm³/mol. The third-order valence-electron chi connectivity index (χ3n) is 3.39. The number of hydrogen-bond donors (Lipinski definition) is 2. The Labute approximate surface area is 144 Å². The molecule has 5 nitrogen and oxygen atoms in total. The van der Waals surface area contributed by atoms with Crippen LogP contribution in [-0.4, -0.2) is 27.5 Å². The van der Waals surface area contributed by atoms with Gasteiger partial charge in [-0.1, -0.05) is 6.07 Å². The third kappa shape index (κ3) is 3.84. The predicted octanol–water partition coefficient (Wildman–Crippen LogP) is 3.82. The van der Waals surface area contributed by atoms with Crippen LogP contribution >= 0.6 is 11.3 Å². The van der Waals surface area contributed by atoms with Crippen molar-refractivity contribution in [3.05, 3.63) is 59.1 Å². The van der Waals surface area contributed by atoms with Crippen LogP contribution in [-0.2, 0) is 0 Å². The molecule has 0 aromatic carbocycles. The molecule has 0 atom stereocenters. The van der Waals surface area contributed by atoms with Crippen LogP contribution in [0, 0.1) is 6.92 Å². The molecule has 0 amide bonds. The van der Waals surface area contributed by atoms with E-state index in [0.717, 1.165) is 22.0 Å². The largest absolute Gasteiger partial charge is 0.396 e. The number of aliphatic hydroxyl groups excluding tert-OH is 1. The number of rotatable bonds is 6. The summed E-state index contributed by atoms with van der Waals surface area (Å²) in [7, 11) is 0. The molecule has 2 N–H and O–H groups in total. The van der Waals surface area contributed by atoms with Gasteiger partial charge in [0, 0.05) is 12.6 Å². The number of aromatic nitrogens is 2. The summed E-state index contributed by atoms with van der Waals surface area (Å²) in [5, 5.41) is 12.1. The number of ketones is 1. The fourth-order valence-corrected chi connectivity index (χ4v) is 3.17. The van der Waals surface area contributed by atoms with Gasteiger partial charge in [0.1, 0.15) is 11.6 Å². The molecule has 0 spiro atoms. The first kappa shape index (κ1) is 16.3. The van der Waals surface area contributed by atoms with Crippen molar-refractivity contribution in [3.8, 4) is 10.6 Å². The number of thiophene rings is 1. The van der Waals surface area contributed by atoms with Gasteiger partial charge < -0.3 is 10.4 Å². The first-order valence-electron chi connectivity index (χ1n) is 7.57. The van der Waals surface area contributed by atoms with Crippen LogP contribution in [0.1, 0.15) is 21.7 Å². The number of carbonyl (C=O) groups is 1. The van der Waals surface area contributed by atoms with Crippen molar-refractivity contribution < 1.29 is 9.90 Å². The molecule has 3 heterocycles. The van der Waals surface area contributed by atoms with Gasteiger partial charge in [0.05, 0.1) is 22.1 Å². The van der Waals surface area contributed by atoms with Crippen molar-refractivity contribution in [1.29, 1.82) is 0 Å². The maximum Gasteiger partial charge on any atom is 0.175 e. The number of pyridine rings is 2. The molecule has 24 heavy (non-hydrogen) atoms. The van der Waals surface area contributed by atoms with Gasteiger partial charge in [-0.25, -0.2) is 9.97 Å². The van der Waals surface area contributed by atoms with E-state index in [1.54, 1.807) is 12.3 Å². The number of aliphatic hydroxyl groups is 1. The average Bonchev–Trinajstić information content (AvgIpc) is 3.05. The summed E-state index contributed by atoms with van der Waals surface area (Å²) in [5.41, 5.74) is 1.91. The van der Waals surface area contributed by atoms with E-state index in [4.69, 9.17) is 5.11 Å². The number of hydrogen-bond acceptors (Lipinski definition) is 6. The van der Waals surface area contributed by atoms with Gasteiger partial charge in [-0.05, 0) is 48.9 Å². The van der Waals surface area contributed by atoms with Crippen molar-refractivity contribution in [2.45, 2.75) is 13.3 Å². The van der Waals surface area contributed by atoms with Gasteiger partial charge in [-0.2, -0.15) is 0 Å². The lowest BCUT2D eigenvalue weighted by atomic mass is 10.2. The Hall–Kier alpha value is -2.57. The molecule has 3 rings (SSSR count). The summed E-state index contributed by atoms with van der Waals surface area (Å²) in [6.07, 6.45) is 1.90. The first-order valence-corrected chi connectivity index (χ1v) is 8.38. The maximum atomic E-state index is 11.8. The Morgan fingerprint density at radius 1 is 1.21 bits per heavy atom. The molecule has 0 radical (unpaired) electrons. The first-order chi connectivity index (χ1) is 11.7. The second-order valence-electron chi connectivity index (χ2n) is 5.31. The smallest absolute Gasteiger partial charge is 0.175 e. The zero-order chi connectivity index (χ0) is 16.9. The van der Waals surface area contributed by atoms with E-state index in [2.05, 4.69) is 15.3 Å². The van der Waals surface area contributed by atoms with Gasteiger partial charge in [-0.15, -0.1) is 11.3 Å². The molecule has 0 unspecified atom stereocenters. The number of nitrogens with zero attached hydrogens (tertiary/aromatic N) is 2. The van der Waals surface area contributed by atoms with E-state index < -0.39 is 0 Å².